The predicted octanol–water partition coefficient (Wildman–Crippen LogP) is 6.40. The number of aromatic nitrogens is 2. The van der Waals surface area contributed by atoms with Crippen LogP contribution >= 0.6 is 0 Å². The van der Waals surface area contributed by atoms with Gasteiger partial charge >= 0.3 is 0 Å². The minimum Gasteiger partial charge on any atom is -0.454 e. The summed E-state index contributed by atoms with van der Waals surface area (Å²) < 4.78 is 8.96. The van der Waals surface area contributed by atoms with E-state index in [4.69, 9.17) is 4.42 Å². The number of rotatable bonds is 1. The molecule has 152 valence electrons. The fourth-order valence-corrected chi connectivity index (χ4v) is 5.37. The third-order valence-electron chi connectivity index (χ3n) is 6.99. The van der Waals surface area contributed by atoms with Crippen LogP contribution in [-0.4, -0.2) is 4.98 Å². The Bertz CT molecular complexity index is 1540. The largest absolute Gasteiger partial charge is 0.454 e. The number of hydrogen-bond donors (Lipinski definition) is 0. The van der Waals surface area contributed by atoms with Gasteiger partial charge in [-0.05, 0) is 48.2 Å². The maximum absolute atomic E-state index is 6.76. The van der Waals surface area contributed by atoms with E-state index >= 15 is 0 Å². The third-order valence-corrected chi connectivity index (χ3v) is 6.99. The minimum absolute atomic E-state index is 0.0891. The van der Waals surface area contributed by atoms with Crippen LogP contribution in [0.25, 0.3) is 44.3 Å². The van der Waals surface area contributed by atoms with E-state index in [2.05, 4.69) is 93.0 Å². The maximum Gasteiger partial charge on any atom is 0.216 e. The second-order valence-electron chi connectivity index (χ2n) is 9.35. The summed E-state index contributed by atoms with van der Waals surface area (Å²) in [5, 5.41) is 2.34. The lowest BCUT2D eigenvalue weighted by atomic mass is 9.83. The van der Waals surface area contributed by atoms with Crippen molar-refractivity contribution in [2.75, 3.05) is 0 Å². The van der Waals surface area contributed by atoms with Crippen LogP contribution in [-0.2, 0) is 12.5 Å². The number of hydrogen-bond acceptors (Lipinski definition) is 2. The van der Waals surface area contributed by atoms with Crippen molar-refractivity contribution in [2.24, 2.45) is 7.05 Å². The number of aryl methyl sites for hydroxylation is 3. The van der Waals surface area contributed by atoms with Crippen LogP contribution in [0.1, 0.15) is 36.1 Å². The summed E-state index contributed by atoms with van der Waals surface area (Å²) in [6, 6.07) is 15.4. The molecule has 0 atom stereocenters. The fourth-order valence-electron chi connectivity index (χ4n) is 5.37. The summed E-state index contributed by atoms with van der Waals surface area (Å²) in [6.45, 7) is 8.83. The highest BCUT2D eigenvalue weighted by Crippen LogP contribution is 2.52. The molecule has 1 aliphatic rings. The van der Waals surface area contributed by atoms with Gasteiger partial charge in [-0.25, -0.2) is 4.57 Å². The van der Waals surface area contributed by atoms with Crippen molar-refractivity contribution in [3.63, 3.8) is 0 Å². The molecule has 2 aromatic carbocycles. The second kappa shape index (κ2) is 6.04. The van der Waals surface area contributed by atoms with Gasteiger partial charge in [0, 0.05) is 45.8 Å². The molecule has 0 radical (unpaired) electrons. The zero-order valence-corrected chi connectivity index (χ0v) is 18.6. The highest BCUT2D eigenvalue weighted by atomic mass is 16.3. The first-order chi connectivity index (χ1) is 14.9. The molecule has 3 aromatic heterocycles. The van der Waals surface area contributed by atoms with E-state index in [9.17, 15) is 0 Å². The molecular weight excluding hydrogens is 380 g/mol. The van der Waals surface area contributed by atoms with Crippen LogP contribution in [0.15, 0.2) is 65.5 Å². The Balaban J connectivity index is 1.75. The standard InChI is InChI=1S/C28H25N2O/c1-16-6-11-23(30(5)15-16)24-17(2)7-8-18-19-9-10-21-25(27(19)31-26(18)24)20-12-13-29-14-22(20)28(21,3)4/h6-15H,1-5H3/q+1. The molecule has 5 aromatic rings. The monoisotopic (exact) mass is 405 g/mol. The Morgan fingerprint density at radius 1 is 0.839 bits per heavy atom. The Morgan fingerprint density at radius 2 is 1.58 bits per heavy atom. The average molecular weight is 406 g/mol. The summed E-state index contributed by atoms with van der Waals surface area (Å²) in [5.41, 5.74) is 11.7. The van der Waals surface area contributed by atoms with Crippen LogP contribution in [0.5, 0.6) is 0 Å². The Morgan fingerprint density at radius 3 is 2.35 bits per heavy atom. The van der Waals surface area contributed by atoms with Crippen molar-refractivity contribution >= 4 is 21.9 Å². The van der Waals surface area contributed by atoms with E-state index in [1.165, 1.54) is 44.2 Å². The van der Waals surface area contributed by atoms with Crippen molar-refractivity contribution in [1.29, 1.82) is 0 Å². The molecule has 3 heterocycles. The van der Waals surface area contributed by atoms with Crippen molar-refractivity contribution in [3.8, 4) is 22.4 Å². The summed E-state index contributed by atoms with van der Waals surface area (Å²) in [4.78, 5) is 4.41. The van der Waals surface area contributed by atoms with E-state index in [-0.39, 0.29) is 5.41 Å². The van der Waals surface area contributed by atoms with Gasteiger partial charge in [0.2, 0.25) is 5.69 Å². The maximum atomic E-state index is 6.76. The molecule has 0 N–H and O–H groups in total. The molecule has 0 bridgehead atoms. The first kappa shape index (κ1) is 18.3. The molecule has 0 fully saturated rings. The van der Waals surface area contributed by atoms with Gasteiger partial charge in [0.1, 0.15) is 18.2 Å². The number of benzene rings is 2. The van der Waals surface area contributed by atoms with Gasteiger partial charge < -0.3 is 4.42 Å². The molecule has 0 aliphatic heterocycles. The highest BCUT2D eigenvalue weighted by molar-refractivity contribution is 6.14. The molecule has 31 heavy (non-hydrogen) atoms. The third kappa shape index (κ3) is 2.35. The van der Waals surface area contributed by atoms with Crippen LogP contribution in [0, 0.1) is 13.8 Å². The van der Waals surface area contributed by atoms with Gasteiger partial charge in [-0.15, -0.1) is 0 Å². The van der Waals surface area contributed by atoms with Crippen molar-refractivity contribution in [1.82, 2.24) is 4.98 Å². The zero-order chi connectivity index (χ0) is 21.5. The fraction of sp³-hybridized carbons (Fsp3) is 0.214. The van der Waals surface area contributed by atoms with Crippen molar-refractivity contribution in [3.05, 3.63) is 83.3 Å². The number of furan rings is 1. The van der Waals surface area contributed by atoms with Crippen molar-refractivity contribution in [2.45, 2.75) is 33.1 Å². The summed E-state index contributed by atoms with van der Waals surface area (Å²) in [6.07, 6.45) is 6.05. The second-order valence-corrected chi connectivity index (χ2v) is 9.35. The molecule has 6 rings (SSSR count). The lowest BCUT2D eigenvalue weighted by molar-refractivity contribution is -0.660. The Labute approximate surface area is 182 Å². The molecule has 0 saturated carbocycles. The first-order valence-electron chi connectivity index (χ1n) is 10.8. The zero-order valence-electron chi connectivity index (χ0n) is 18.6. The molecular formula is C28H25N2O+. The van der Waals surface area contributed by atoms with Gasteiger partial charge in [-0.2, -0.15) is 0 Å². The number of pyridine rings is 2. The minimum atomic E-state index is -0.0891. The number of nitrogens with zero attached hydrogens (tertiary/aromatic N) is 2. The number of fused-ring (bicyclic) bond motifs is 7. The van der Waals surface area contributed by atoms with Gasteiger partial charge in [-0.3, -0.25) is 4.98 Å². The van der Waals surface area contributed by atoms with E-state index in [0.717, 1.165) is 22.4 Å². The summed E-state index contributed by atoms with van der Waals surface area (Å²) in [7, 11) is 2.10. The lowest BCUT2D eigenvalue weighted by Gasteiger charge is -2.20. The molecule has 3 heteroatoms. The average Bonchev–Trinajstić information content (AvgIpc) is 3.22. The molecule has 0 amide bonds. The van der Waals surface area contributed by atoms with E-state index in [1.54, 1.807) is 0 Å². The van der Waals surface area contributed by atoms with Crippen LogP contribution in [0.2, 0.25) is 0 Å². The SMILES string of the molecule is Cc1ccc(-c2c(C)ccc3c2oc2c4c(ccc23)C(C)(C)c2cnccc2-4)[n+](C)c1. The Kier molecular flexibility index (Phi) is 3.57. The van der Waals surface area contributed by atoms with E-state index in [0.29, 0.717) is 0 Å². The molecule has 0 spiro atoms. The smallest absolute Gasteiger partial charge is 0.216 e. The van der Waals surface area contributed by atoms with Crippen LogP contribution in [0.3, 0.4) is 0 Å². The van der Waals surface area contributed by atoms with Gasteiger partial charge in [0.05, 0.1) is 5.56 Å². The summed E-state index contributed by atoms with van der Waals surface area (Å²) >= 11 is 0. The molecule has 1 aliphatic carbocycles. The van der Waals surface area contributed by atoms with E-state index < -0.39 is 0 Å². The molecule has 3 nitrogen and oxygen atoms in total. The quantitative estimate of drug-likeness (QED) is 0.302. The van der Waals surface area contributed by atoms with Crippen molar-refractivity contribution < 1.29 is 8.98 Å². The van der Waals surface area contributed by atoms with Gasteiger partial charge in [-0.1, -0.05) is 38.1 Å². The van der Waals surface area contributed by atoms with Crippen LogP contribution < -0.4 is 4.57 Å². The van der Waals surface area contributed by atoms with Crippen LogP contribution in [0.4, 0.5) is 0 Å². The first-order valence-corrected chi connectivity index (χ1v) is 10.8. The van der Waals surface area contributed by atoms with E-state index in [1.807, 2.05) is 12.4 Å². The molecule has 0 unspecified atom stereocenters. The van der Waals surface area contributed by atoms with Gasteiger partial charge in [0.15, 0.2) is 6.20 Å². The highest BCUT2D eigenvalue weighted by Gasteiger charge is 2.38. The summed E-state index contributed by atoms with van der Waals surface area (Å²) in [5.74, 6) is 0. The Hall–Kier alpha value is -3.46. The topological polar surface area (TPSA) is 29.9 Å². The van der Waals surface area contributed by atoms with Gasteiger partial charge in [0.25, 0.3) is 0 Å². The lowest BCUT2D eigenvalue weighted by Crippen LogP contribution is -2.31. The predicted molar refractivity (Wildman–Crippen MR) is 125 cm³/mol. The molecule has 0 saturated heterocycles. The normalized spacial score (nSPS) is 14.2.